The van der Waals surface area contributed by atoms with E-state index < -0.39 is 6.10 Å². The number of aliphatic hydroxyl groups excluding tert-OH is 1. The highest BCUT2D eigenvalue weighted by atomic mass is 19.1. The average Bonchev–Trinajstić information content (AvgIpc) is 2.91. The van der Waals surface area contributed by atoms with Crippen LogP contribution in [0.5, 0.6) is 0 Å². The second-order valence-electron chi connectivity index (χ2n) is 5.19. The number of imidazole rings is 1. The number of hydrogen-bond donors (Lipinski definition) is 1. The van der Waals surface area contributed by atoms with Crippen molar-refractivity contribution in [1.82, 2.24) is 9.55 Å². The highest BCUT2D eigenvalue weighted by molar-refractivity contribution is 5.86. The average molecular weight is 284 g/mol. The van der Waals surface area contributed by atoms with Crippen LogP contribution in [0, 0.1) is 5.82 Å². The van der Waals surface area contributed by atoms with Gasteiger partial charge in [0.15, 0.2) is 0 Å². The maximum absolute atomic E-state index is 13.8. The van der Waals surface area contributed by atoms with Gasteiger partial charge in [0.25, 0.3) is 0 Å². The minimum Gasteiger partial charge on any atom is -0.388 e. The van der Waals surface area contributed by atoms with Crippen LogP contribution in [0.3, 0.4) is 0 Å². The van der Waals surface area contributed by atoms with Gasteiger partial charge in [0.05, 0.1) is 6.10 Å². The number of hydrogen-bond acceptors (Lipinski definition) is 2. The Morgan fingerprint density at radius 3 is 2.67 bits per heavy atom. The van der Waals surface area contributed by atoms with E-state index in [1.54, 1.807) is 24.4 Å². The molecule has 3 aromatic rings. The third kappa shape index (κ3) is 2.67. The Hall–Kier alpha value is -2.20. The predicted octanol–water partition coefficient (Wildman–Crippen LogP) is 3.38. The monoisotopic (exact) mass is 284 g/mol. The molecule has 1 atom stereocenters. The smallest absolute Gasteiger partial charge is 0.131 e. The number of aliphatic hydroxyl groups is 1. The summed E-state index contributed by atoms with van der Waals surface area (Å²) in [5.74, 6) is 0.672. The Bertz CT molecular complexity index is 766. The summed E-state index contributed by atoms with van der Waals surface area (Å²) in [5, 5.41) is 11.8. The zero-order chi connectivity index (χ0) is 14.8. The van der Waals surface area contributed by atoms with Crippen LogP contribution >= 0.6 is 0 Å². The first kappa shape index (κ1) is 13.8. The number of aromatic nitrogens is 2. The molecular weight excluding hydrogens is 267 g/mol. The molecule has 3 rings (SSSR count). The Balaban J connectivity index is 1.86. The van der Waals surface area contributed by atoms with Crippen LogP contribution < -0.4 is 0 Å². The summed E-state index contributed by atoms with van der Waals surface area (Å²) in [6, 6.07) is 10.3. The number of benzene rings is 2. The molecule has 0 radical (unpaired) electrons. The van der Waals surface area contributed by atoms with Crippen LogP contribution in [0.2, 0.25) is 0 Å². The van der Waals surface area contributed by atoms with Crippen molar-refractivity contribution < 1.29 is 9.50 Å². The largest absolute Gasteiger partial charge is 0.388 e. The lowest BCUT2D eigenvalue weighted by Gasteiger charge is -2.14. The lowest BCUT2D eigenvalue weighted by Crippen LogP contribution is -2.04. The van der Waals surface area contributed by atoms with Gasteiger partial charge in [-0.1, -0.05) is 30.3 Å². The molecule has 0 aliphatic heterocycles. The van der Waals surface area contributed by atoms with E-state index in [2.05, 4.69) is 4.98 Å². The third-order valence-electron chi connectivity index (χ3n) is 3.83. The summed E-state index contributed by atoms with van der Waals surface area (Å²) in [7, 11) is 1.93. The summed E-state index contributed by atoms with van der Waals surface area (Å²) in [6.45, 7) is 0. The molecule has 4 heteroatoms. The molecule has 0 saturated heterocycles. The summed E-state index contributed by atoms with van der Waals surface area (Å²) >= 11 is 0. The second-order valence-corrected chi connectivity index (χ2v) is 5.19. The predicted molar refractivity (Wildman–Crippen MR) is 80.4 cm³/mol. The molecule has 2 aromatic carbocycles. The van der Waals surface area contributed by atoms with Gasteiger partial charge in [-0.25, -0.2) is 9.37 Å². The van der Waals surface area contributed by atoms with Gasteiger partial charge >= 0.3 is 0 Å². The standard InChI is InChI=1S/C17H17FN2O/c1-20-11-10-19-17(20)9-8-16(21)14-6-7-15(18)13-5-3-2-4-12(13)14/h2-7,10-11,16,21H,8-9H2,1H3. The van der Waals surface area contributed by atoms with Gasteiger partial charge in [-0.3, -0.25) is 0 Å². The van der Waals surface area contributed by atoms with Gasteiger partial charge in [0.2, 0.25) is 0 Å². The van der Waals surface area contributed by atoms with Crippen molar-refractivity contribution in [3.05, 3.63) is 66.0 Å². The van der Waals surface area contributed by atoms with Gasteiger partial charge in [-0.15, -0.1) is 0 Å². The maximum atomic E-state index is 13.8. The molecule has 0 fully saturated rings. The molecule has 1 heterocycles. The quantitative estimate of drug-likeness (QED) is 0.797. The first-order chi connectivity index (χ1) is 10.2. The van der Waals surface area contributed by atoms with E-state index in [4.69, 9.17) is 0 Å². The first-order valence-corrected chi connectivity index (χ1v) is 6.98. The molecule has 0 aliphatic carbocycles. The molecule has 1 aromatic heterocycles. The normalized spacial score (nSPS) is 12.7. The van der Waals surface area contributed by atoms with E-state index in [0.29, 0.717) is 18.2 Å². The molecule has 108 valence electrons. The second kappa shape index (κ2) is 5.66. The molecule has 3 nitrogen and oxygen atoms in total. The van der Waals surface area contributed by atoms with Gasteiger partial charge in [-0.05, 0) is 23.4 Å². The van der Waals surface area contributed by atoms with E-state index in [0.717, 1.165) is 16.8 Å². The maximum Gasteiger partial charge on any atom is 0.131 e. The number of aryl methyl sites for hydroxylation is 2. The van der Waals surface area contributed by atoms with Gasteiger partial charge < -0.3 is 9.67 Å². The zero-order valence-electron chi connectivity index (χ0n) is 11.8. The van der Waals surface area contributed by atoms with Crippen LogP contribution in [0.4, 0.5) is 4.39 Å². The van der Waals surface area contributed by atoms with Crippen LogP contribution in [0.25, 0.3) is 10.8 Å². The van der Waals surface area contributed by atoms with E-state index in [1.807, 2.05) is 29.9 Å². The topological polar surface area (TPSA) is 38.0 Å². The van der Waals surface area contributed by atoms with Gasteiger partial charge in [0.1, 0.15) is 11.6 Å². The van der Waals surface area contributed by atoms with Crippen molar-refractivity contribution in [3.8, 4) is 0 Å². The Kier molecular flexibility index (Phi) is 3.71. The van der Waals surface area contributed by atoms with E-state index in [9.17, 15) is 9.50 Å². The number of nitrogens with zero attached hydrogens (tertiary/aromatic N) is 2. The van der Waals surface area contributed by atoms with Crippen molar-refractivity contribution in [2.75, 3.05) is 0 Å². The van der Waals surface area contributed by atoms with Gasteiger partial charge in [0, 0.05) is 31.2 Å². The minimum absolute atomic E-state index is 0.259. The molecule has 0 bridgehead atoms. The fourth-order valence-corrected chi connectivity index (χ4v) is 2.63. The van der Waals surface area contributed by atoms with Crippen molar-refractivity contribution in [2.45, 2.75) is 18.9 Å². The molecular formula is C17H17FN2O. The summed E-state index contributed by atoms with van der Waals surface area (Å²) < 4.78 is 15.7. The van der Waals surface area contributed by atoms with E-state index >= 15 is 0 Å². The number of rotatable bonds is 4. The van der Waals surface area contributed by atoms with Crippen molar-refractivity contribution in [2.24, 2.45) is 7.05 Å². The fraction of sp³-hybridized carbons (Fsp3) is 0.235. The minimum atomic E-state index is -0.632. The molecule has 1 N–H and O–H groups in total. The fourth-order valence-electron chi connectivity index (χ4n) is 2.63. The zero-order valence-corrected chi connectivity index (χ0v) is 11.8. The molecule has 21 heavy (non-hydrogen) atoms. The van der Waals surface area contributed by atoms with Crippen LogP contribution in [-0.4, -0.2) is 14.7 Å². The Labute approximate surface area is 122 Å². The van der Waals surface area contributed by atoms with Crippen LogP contribution in [0.1, 0.15) is 23.9 Å². The molecule has 0 saturated carbocycles. The van der Waals surface area contributed by atoms with E-state index in [-0.39, 0.29) is 5.82 Å². The summed E-state index contributed by atoms with van der Waals surface area (Å²) in [5.41, 5.74) is 0.765. The van der Waals surface area contributed by atoms with Crippen molar-refractivity contribution in [1.29, 1.82) is 0 Å². The highest BCUT2D eigenvalue weighted by Gasteiger charge is 2.14. The molecule has 0 aliphatic rings. The molecule has 0 amide bonds. The van der Waals surface area contributed by atoms with Crippen LogP contribution in [-0.2, 0) is 13.5 Å². The van der Waals surface area contributed by atoms with E-state index in [1.165, 1.54) is 6.07 Å². The van der Waals surface area contributed by atoms with Crippen molar-refractivity contribution in [3.63, 3.8) is 0 Å². The lowest BCUT2D eigenvalue weighted by molar-refractivity contribution is 0.168. The Morgan fingerprint density at radius 1 is 1.19 bits per heavy atom. The summed E-state index contributed by atoms with van der Waals surface area (Å²) in [6.07, 6.45) is 4.23. The SMILES string of the molecule is Cn1ccnc1CCC(O)c1ccc(F)c2ccccc12. The lowest BCUT2D eigenvalue weighted by atomic mass is 9.97. The summed E-state index contributed by atoms with van der Waals surface area (Å²) in [4.78, 5) is 4.25. The molecule has 0 spiro atoms. The van der Waals surface area contributed by atoms with Crippen molar-refractivity contribution >= 4 is 10.8 Å². The number of fused-ring (bicyclic) bond motifs is 1. The molecule has 1 unspecified atom stereocenters. The highest BCUT2D eigenvalue weighted by Crippen LogP contribution is 2.28. The number of halogens is 1. The van der Waals surface area contributed by atoms with Crippen LogP contribution in [0.15, 0.2) is 48.8 Å². The van der Waals surface area contributed by atoms with Gasteiger partial charge in [-0.2, -0.15) is 0 Å². The Morgan fingerprint density at radius 2 is 1.95 bits per heavy atom. The first-order valence-electron chi connectivity index (χ1n) is 6.98. The third-order valence-corrected chi connectivity index (χ3v) is 3.83.